The van der Waals surface area contributed by atoms with Crippen LogP contribution < -0.4 is 15.0 Å². The number of hydrogen-bond acceptors (Lipinski definition) is 7. The fourth-order valence-corrected chi connectivity index (χ4v) is 4.65. The minimum Gasteiger partial charge on any atom is -0.480 e. The molecule has 4 aromatic rings. The van der Waals surface area contributed by atoms with E-state index < -0.39 is 12.0 Å². The van der Waals surface area contributed by atoms with Crippen LogP contribution in [0.15, 0.2) is 70.5 Å². The Morgan fingerprint density at radius 3 is 2.77 bits per heavy atom. The lowest BCUT2D eigenvalue weighted by molar-refractivity contribution is -0.138. The standard InChI is InChI=1S/C22H19N5O3S/c1-13(22(28)29)27-18-4-2-3-5-20(18)31-21-10-14(6-9-19(21)27)23-12-30-15-7-8-16-17(11-15)25-26-24-16/h2-11,13,23H,12H2,1H3,(H,28,29)(H,24,25,26). The van der Waals surface area contributed by atoms with Gasteiger partial charge in [0.25, 0.3) is 0 Å². The largest absolute Gasteiger partial charge is 0.480 e. The molecule has 0 amide bonds. The highest BCUT2D eigenvalue weighted by molar-refractivity contribution is 7.99. The zero-order chi connectivity index (χ0) is 21.4. The Morgan fingerprint density at radius 2 is 1.90 bits per heavy atom. The quantitative estimate of drug-likeness (QED) is 0.383. The van der Waals surface area contributed by atoms with Gasteiger partial charge < -0.3 is 20.1 Å². The number of aliphatic carboxylic acids is 1. The Morgan fingerprint density at radius 1 is 1.10 bits per heavy atom. The molecule has 31 heavy (non-hydrogen) atoms. The molecular weight excluding hydrogens is 414 g/mol. The molecule has 3 N–H and O–H groups in total. The number of hydrogen-bond donors (Lipinski definition) is 3. The summed E-state index contributed by atoms with van der Waals surface area (Å²) in [5.74, 6) is -0.177. The van der Waals surface area contributed by atoms with Gasteiger partial charge in [0, 0.05) is 21.5 Å². The average Bonchev–Trinajstić information content (AvgIpc) is 3.25. The molecule has 8 nitrogen and oxygen atoms in total. The summed E-state index contributed by atoms with van der Waals surface area (Å²) in [4.78, 5) is 15.6. The van der Waals surface area contributed by atoms with E-state index in [1.807, 2.05) is 65.6 Å². The number of ether oxygens (including phenoxy) is 1. The van der Waals surface area contributed by atoms with Crippen LogP contribution in [0.3, 0.4) is 0 Å². The Balaban J connectivity index is 1.35. The third kappa shape index (κ3) is 3.64. The van der Waals surface area contributed by atoms with Gasteiger partial charge in [-0.15, -0.1) is 0 Å². The number of aromatic nitrogens is 3. The van der Waals surface area contributed by atoms with Gasteiger partial charge in [0.1, 0.15) is 22.8 Å². The van der Waals surface area contributed by atoms with E-state index in [-0.39, 0.29) is 6.73 Å². The number of carboxylic acid groups (broad SMARTS) is 1. The summed E-state index contributed by atoms with van der Waals surface area (Å²) >= 11 is 1.63. The third-order valence-electron chi connectivity index (χ3n) is 5.11. The van der Waals surface area contributed by atoms with Gasteiger partial charge in [-0.05, 0) is 49.4 Å². The number of para-hydroxylation sites is 1. The molecule has 0 radical (unpaired) electrons. The summed E-state index contributed by atoms with van der Waals surface area (Å²) in [7, 11) is 0. The zero-order valence-corrected chi connectivity index (χ0v) is 17.4. The third-order valence-corrected chi connectivity index (χ3v) is 6.22. The summed E-state index contributed by atoms with van der Waals surface area (Å²) in [6.45, 7) is 1.98. The SMILES string of the molecule is CC(C(=O)O)N1c2ccccc2Sc2cc(NCOc3ccc4n[nH]nc4c3)ccc21. The first kappa shape index (κ1) is 19.3. The molecule has 156 valence electrons. The van der Waals surface area contributed by atoms with Crippen LogP contribution in [0, 0.1) is 0 Å². The van der Waals surface area contributed by atoms with E-state index in [1.54, 1.807) is 18.7 Å². The highest BCUT2D eigenvalue weighted by Crippen LogP contribution is 2.49. The number of benzene rings is 3. The Labute approximate surface area is 182 Å². The fourth-order valence-electron chi connectivity index (χ4n) is 3.54. The number of anilines is 3. The number of rotatable bonds is 6. The molecule has 2 heterocycles. The van der Waals surface area contributed by atoms with Gasteiger partial charge in [-0.3, -0.25) is 0 Å². The van der Waals surface area contributed by atoms with Gasteiger partial charge in [-0.25, -0.2) is 4.79 Å². The zero-order valence-electron chi connectivity index (χ0n) is 16.6. The van der Waals surface area contributed by atoms with Crippen molar-refractivity contribution in [1.82, 2.24) is 15.4 Å². The molecule has 1 atom stereocenters. The summed E-state index contributed by atoms with van der Waals surface area (Å²) in [6, 6.07) is 18.6. The summed E-state index contributed by atoms with van der Waals surface area (Å²) in [5.41, 5.74) is 4.20. The van der Waals surface area contributed by atoms with Crippen LogP contribution in [0.25, 0.3) is 11.0 Å². The lowest BCUT2D eigenvalue weighted by Crippen LogP contribution is -2.36. The Hall–Kier alpha value is -3.72. The van der Waals surface area contributed by atoms with Crippen molar-refractivity contribution in [2.75, 3.05) is 16.9 Å². The van der Waals surface area contributed by atoms with E-state index in [9.17, 15) is 9.90 Å². The molecular formula is C22H19N5O3S. The van der Waals surface area contributed by atoms with Crippen LogP contribution in [-0.4, -0.2) is 39.3 Å². The van der Waals surface area contributed by atoms with E-state index in [1.165, 1.54) is 0 Å². The van der Waals surface area contributed by atoms with E-state index in [4.69, 9.17) is 4.74 Å². The van der Waals surface area contributed by atoms with Crippen molar-refractivity contribution in [3.05, 3.63) is 60.7 Å². The second-order valence-corrected chi connectivity index (χ2v) is 8.16. The normalized spacial score (nSPS) is 13.4. The van der Waals surface area contributed by atoms with E-state index in [2.05, 4.69) is 20.7 Å². The molecule has 1 aliphatic rings. The molecule has 0 bridgehead atoms. The first-order valence-corrected chi connectivity index (χ1v) is 10.5. The van der Waals surface area contributed by atoms with Crippen LogP contribution in [0.4, 0.5) is 17.1 Å². The van der Waals surface area contributed by atoms with Crippen molar-refractivity contribution in [3.63, 3.8) is 0 Å². The molecule has 9 heteroatoms. The number of nitrogens with one attached hydrogen (secondary N) is 2. The van der Waals surface area contributed by atoms with Crippen LogP contribution in [0.1, 0.15) is 6.92 Å². The van der Waals surface area contributed by atoms with Crippen molar-refractivity contribution in [2.45, 2.75) is 22.8 Å². The number of H-pyrrole nitrogens is 1. The van der Waals surface area contributed by atoms with Gasteiger partial charge in [0.2, 0.25) is 0 Å². The van der Waals surface area contributed by atoms with Crippen LogP contribution >= 0.6 is 11.8 Å². The summed E-state index contributed by atoms with van der Waals surface area (Å²) in [6.07, 6.45) is 0. The van der Waals surface area contributed by atoms with Crippen LogP contribution in [0.5, 0.6) is 5.75 Å². The first-order chi connectivity index (χ1) is 15.1. The molecule has 1 unspecified atom stereocenters. The first-order valence-electron chi connectivity index (χ1n) is 9.70. The predicted octanol–water partition coefficient (Wildman–Crippen LogP) is 4.48. The highest BCUT2D eigenvalue weighted by Gasteiger charge is 2.30. The van der Waals surface area contributed by atoms with Gasteiger partial charge >= 0.3 is 5.97 Å². The topological polar surface area (TPSA) is 103 Å². The maximum atomic E-state index is 11.7. The molecule has 0 fully saturated rings. The molecule has 0 spiro atoms. The molecule has 5 rings (SSSR count). The average molecular weight is 433 g/mol. The Bertz CT molecular complexity index is 1270. The predicted molar refractivity (Wildman–Crippen MR) is 119 cm³/mol. The highest BCUT2D eigenvalue weighted by atomic mass is 32.2. The second kappa shape index (κ2) is 7.84. The molecule has 0 saturated heterocycles. The van der Waals surface area contributed by atoms with Crippen molar-refractivity contribution < 1.29 is 14.6 Å². The van der Waals surface area contributed by atoms with Crippen molar-refractivity contribution in [1.29, 1.82) is 0 Å². The maximum absolute atomic E-state index is 11.7. The van der Waals surface area contributed by atoms with E-state index in [0.29, 0.717) is 5.75 Å². The van der Waals surface area contributed by atoms with Gasteiger partial charge in [0.15, 0.2) is 6.73 Å². The van der Waals surface area contributed by atoms with Crippen LogP contribution in [-0.2, 0) is 4.79 Å². The second-order valence-electron chi connectivity index (χ2n) is 7.08. The smallest absolute Gasteiger partial charge is 0.326 e. The maximum Gasteiger partial charge on any atom is 0.326 e. The lowest BCUT2D eigenvalue weighted by Gasteiger charge is -2.35. The number of aromatic amines is 1. The number of carbonyl (C=O) groups is 1. The molecule has 0 saturated carbocycles. The van der Waals surface area contributed by atoms with E-state index in [0.717, 1.165) is 37.9 Å². The van der Waals surface area contributed by atoms with Gasteiger partial charge in [-0.2, -0.15) is 15.4 Å². The Kier molecular flexibility index (Phi) is 4.87. The van der Waals surface area contributed by atoms with E-state index >= 15 is 0 Å². The number of nitrogens with zero attached hydrogens (tertiary/aromatic N) is 3. The molecule has 1 aliphatic heterocycles. The van der Waals surface area contributed by atoms with Gasteiger partial charge in [-0.1, -0.05) is 23.9 Å². The van der Waals surface area contributed by atoms with Crippen molar-refractivity contribution >= 4 is 45.8 Å². The number of carboxylic acids is 1. The molecule has 3 aromatic carbocycles. The van der Waals surface area contributed by atoms with Crippen LogP contribution in [0.2, 0.25) is 0 Å². The minimum absolute atomic E-state index is 0.276. The van der Waals surface area contributed by atoms with Gasteiger partial charge in [0.05, 0.1) is 11.4 Å². The molecule has 0 aliphatic carbocycles. The molecule has 1 aromatic heterocycles. The van der Waals surface area contributed by atoms with Crippen molar-refractivity contribution in [2.24, 2.45) is 0 Å². The summed E-state index contributed by atoms with van der Waals surface area (Å²) < 4.78 is 5.79. The fraction of sp³-hybridized carbons (Fsp3) is 0.136. The summed E-state index contributed by atoms with van der Waals surface area (Å²) in [5, 5.41) is 23.6. The monoisotopic (exact) mass is 433 g/mol. The minimum atomic E-state index is -0.868. The lowest BCUT2D eigenvalue weighted by atomic mass is 10.1. The number of fused-ring (bicyclic) bond motifs is 3. The van der Waals surface area contributed by atoms with Crippen molar-refractivity contribution in [3.8, 4) is 5.75 Å².